The maximum atomic E-state index is 6.94. The van der Waals surface area contributed by atoms with E-state index in [1.165, 1.54) is 94.2 Å². The largest absolute Gasteiger partial charge is 0.492 e. The first-order chi connectivity index (χ1) is 19.6. The highest BCUT2D eigenvalue weighted by Gasteiger charge is 2.30. The zero-order valence-corrected chi connectivity index (χ0v) is 30.2. The number of hydrogen-bond acceptors (Lipinski definition) is 2. The van der Waals surface area contributed by atoms with Gasteiger partial charge in [-0.2, -0.15) is 0 Å². The van der Waals surface area contributed by atoms with Crippen LogP contribution in [0.25, 0.3) is 11.1 Å². The van der Waals surface area contributed by atoms with Gasteiger partial charge in [0.05, 0.1) is 66.6 Å². The van der Waals surface area contributed by atoms with Crippen molar-refractivity contribution in [3.8, 4) is 22.6 Å². The van der Waals surface area contributed by atoms with E-state index < -0.39 is 0 Å². The molecule has 2 rings (SSSR count). The Morgan fingerprint density at radius 2 is 0.762 bits per heavy atom. The van der Waals surface area contributed by atoms with Crippen LogP contribution in [-0.4, -0.2) is 64.5 Å². The molecule has 0 aliphatic carbocycles. The molecule has 4 heteroatoms. The molecule has 0 saturated carbocycles. The Hall–Kier alpha value is -2.04. The minimum Gasteiger partial charge on any atom is -0.492 e. The highest BCUT2D eigenvalue weighted by Crippen LogP contribution is 2.49. The smallest absolute Gasteiger partial charge is 0.136 e. The Labute approximate surface area is 260 Å². The second-order valence-corrected chi connectivity index (χ2v) is 14.8. The third-order valence-corrected chi connectivity index (χ3v) is 8.91. The number of quaternary nitrogens is 2. The van der Waals surface area contributed by atoms with Crippen molar-refractivity contribution in [2.45, 2.75) is 120 Å². The summed E-state index contributed by atoms with van der Waals surface area (Å²) in [5.41, 5.74) is 13.3. The summed E-state index contributed by atoms with van der Waals surface area (Å²) in [5.74, 6) is 2.16. The molecule has 2 aromatic rings. The zero-order valence-electron chi connectivity index (χ0n) is 30.2. The van der Waals surface area contributed by atoms with Gasteiger partial charge in [-0.15, -0.1) is 0 Å². The van der Waals surface area contributed by atoms with Gasteiger partial charge in [0.15, 0.2) is 0 Å². The van der Waals surface area contributed by atoms with Crippen LogP contribution in [0.3, 0.4) is 0 Å². The molecule has 0 heterocycles. The zero-order chi connectivity index (χ0) is 31.8. The van der Waals surface area contributed by atoms with Gasteiger partial charge in [0.2, 0.25) is 0 Å². The fourth-order valence-corrected chi connectivity index (χ4v) is 6.03. The van der Waals surface area contributed by atoms with E-state index >= 15 is 0 Å². The molecule has 42 heavy (non-hydrogen) atoms. The van der Waals surface area contributed by atoms with Crippen molar-refractivity contribution in [2.24, 2.45) is 0 Å². The lowest BCUT2D eigenvalue weighted by Crippen LogP contribution is -2.34. The second-order valence-electron chi connectivity index (χ2n) is 14.8. The van der Waals surface area contributed by atoms with Gasteiger partial charge in [-0.3, -0.25) is 0 Å². The van der Waals surface area contributed by atoms with Crippen molar-refractivity contribution in [3.05, 3.63) is 44.5 Å². The molecule has 0 unspecified atom stereocenters. The first-order valence-electron chi connectivity index (χ1n) is 16.7. The lowest BCUT2D eigenvalue weighted by molar-refractivity contribution is -0.884. The summed E-state index contributed by atoms with van der Waals surface area (Å²) in [5, 5.41) is 0. The average molecular weight is 583 g/mol. The molecule has 0 radical (unpaired) electrons. The highest BCUT2D eigenvalue weighted by atomic mass is 16.5. The predicted molar refractivity (Wildman–Crippen MR) is 183 cm³/mol. The van der Waals surface area contributed by atoms with Gasteiger partial charge in [0, 0.05) is 11.1 Å². The Kier molecular flexibility index (Phi) is 13.4. The van der Waals surface area contributed by atoms with Gasteiger partial charge >= 0.3 is 0 Å². The van der Waals surface area contributed by atoms with Crippen LogP contribution in [0, 0.1) is 41.5 Å². The van der Waals surface area contributed by atoms with Crippen LogP contribution >= 0.6 is 0 Å². The van der Waals surface area contributed by atoms with E-state index in [9.17, 15) is 0 Å². The molecule has 0 spiro atoms. The molecular weight excluding hydrogens is 516 g/mol. The summed E-state index contributed by atoms with van der Waals surface area (Å²) in [6.45, 7) is 21.7. The van der Waals surface area contributed by atoms with Gasteiger partial charge in [-0.05, 0) is 87.8 Å². The van der Waals surface area contributed by atoms with E-state index in [0.717, 1.165) is 59.6 Å². The molecule has 0 aromatic heterocycles. The molecule has 0 atom stereocenters. The van der Waals surface area contributed by atoms with E-state index in [0.29, 0.717) is 0 Å². The monoisotopic (exact) mass is 583 g/mol. The maximum Gasteiger partial charge on any atom is 0.136 e. The molecular formula is C38H66N2O2+2. The lowest BCUT2D eigenvalue weighted by Gasteiger charge is -2.32. The van der Waals surface area contributed by atoms with Crippen LogP contribution in [0.5, 0.6) is 11.5 Å². The summed E-state index contributed by atoms with van der Waals surface area (Å²) in [6, 6.07) is 0. The number of unbranched alkanes of at least 4 members (excludes halogenated alkanes) is 6. The lowest BCUT2D eigenvalue weighted by atomic mass is 9.83. The van der Waals surface area contributed by atoms with Crippen LogP contribution in [0.1, 0.15) is 110 Å². The quantitative estimate of drug-likeness (QED) is 0.137. The van der Waals surface area contributed by atoms with Crippen molar-refractivity contribution in [3.63, 3.8) is 0 Å². The highest BCUT2D eigenvalue weighted by molar-refractivity contribution is 5.86. The second kappa shape index (κ2) is 15.6. The summed E-state index contributed by atoms with van der Waals surface area (Å²) in [6.07, 6.45) is 9.58. The molecule has 238 valence electrons. The summed E-state index contributed by atoms with van der Waals surface area (Å²) < 4.78 is 15.6. The van der Waals surface area contributed by atoms with Crippen molar-refractivity contribution >= 4 is 0 Å². The van der Waals surface area contributed by atoms with Crippen molar-refractivity contribution in [2.75, 3.05) is 55.5 Å². The van der Waals surface area contributed by atoms with Gasteiger partial charge in [-0.25, -0.2) is 0 Å². The third-order valence-electron chi connectivity index (χ3n) is 8.91. The molecule has 0 bridgehead atoms. The molecule has 0 N–H and O–H groups in total. The number of rotatable bonds is 17. The molecule has 0 saturated heterocycles. The van der Waals surface area contributed by atoms with Crippen molar-refractivity contribution < 1.29 is 18.4 Å². The average Bonchev–Trinajstić information content (AvgIpc) is 2.89. The van der Waals surface area contributed by atoms with Crippen LogP contribution in [0.4, 0.5) is 0 Å². The Morgan fingerprint density at radius 1 is 0.429 bits per heavy atom. The van der Waals surface area contributed by atoms with Crippen molar-refractivity contribution in [1.29, 1.82) is 0 Å². The number of hydrogen-bond donors (Lipinski definition) is 0. The first kappa shape index (κ1) is 36.2. The predicted octanol–water partition coefficient (Wildman–Crippen LogP) is 9.53. The molecule has 4 nitrogen and oxygen atoms in total. The van der Waals surface area contributed by atoms with Gasteiger partial charge in [0.1, 0.15) is 24.6 Å². The Balaban J connectivity index is 2.97. The van der Waals surface area contributed by atoms with Gasteiger partial charge in [-0.1, -0.05) is 52.4 Å². The normalized spacial score (nSPS) is 12.2. The summed E-state index contributed by atoms with van der Waals surface area (Å²) >= 11 is 0. The first-order valence-corrected chi connectivity index (χ1v) is 16.7. The number of nitrogens with zero attached hydrogens (tertiary/aromatic N) is 2. The number of benzene rings is 2. The van der Waals surface area contributed by atoms with E-state index in [-0.39, 0.29) is 0 Å². The van der Waals surface area contributed by atoms with Crippen LogP contribution in [0.2, 0.25) is 0 Å². The van der Waals surface area contributed by atoms with E-state index in [2.05, 4.69) is 97.7 Å². The van der Waals surface area contributed by atoms with Gasteiger partial charge in [0.25, 0.3) is 0 Å². The maximum absolute atomic E-state index is 6.94. The van der Waals surface area contributed by atoms with Crippen LogP contribution < -0.4 is 9.47 Å². The van der Waals surface area contributed by atoms with Crippen molar-refractivity contribution in [1.82, 2.24) is 0 Å². The fraction of sp³-hybridized carbons (Fsp3) is 0.684. The van der Waals surface area contributed by atoms with Crippen LogP contribution in [-0.2, 0) is 13.1 Å². The standard InChI is InChI=1S/C38H66N2O2/c1-15-17-19-21-23-41-37-33(25-39(9,10)11)29(5)27(3)31(7)35(37)36-32(8)28(4)30(6)34(26-40(12,13)14)38(36)42-24-22-20-18-16-2/h15-26H2,1-14H3/q+2. The molecule has 0 aliphatic rings. The Morgan fingerprint density at radius 3 is 1.05 bits per heavy atom. The fourth-order valence-electron chi connectivity index (χ4n) is 6.03. The molecule has 0 aliphatic heterocycles. The number of ether oxygens (including phenoxy) is 2. The Bertz CT molecular complexity index is 1090. The SMILES string of the molecule is CCCCCCOc1c(C[N+](C)(C)C)c(C)c(C)c(C)c1-c1c(C)c(C)c(C)c(C[N+](C)(C)C)c1OCCCCCC. The molecule has 0 fully saturated rings. The minimum atomic E-state index is 0.752. The van der Waals surface area contributed by atoms with E-state index in [1.54, 1.807) is 0 Å². The third kappa shape index (κ3) is 9.48. The van der Waals surface area contributed by atoms with Crippen LogP contribution in [0.15, 0.2) is 0 Å². The summed E-state index contributed by atoms with van der Waals surface area (Å²) in [7, 11) is 13.7. The van der Waals surface area contributed by atoms with Gasteiger partial charge < -0.3 is 18.4 Å². The minimum absolute atomic E-state index is 0.752. The molecule has 0 amide bonds. The van der Waals surface area contributed by atoms with E-state index in [4.69, 9.17) is 9.47 Å². The summed E-state index contributed by atoms with van der Waals surface area (Å²) in [4.78, 5) is 0. The molecule has 2 aromatic carbocycles. The van der Waals surface area contributed by atoms with E-state index in [1.807, 2.05) is 0 Å². The topological polar surface area (TPSA) is 18.5 Å².